The zero-order chi connectivity index (χ0) is 36.3. The van der Waals surface area contributed by atoms with Crippen LogP contribution >= 0.6 is 0 Å². The normalized spacial score (nSPS) is 16.0. The number of carbonyl (C=O) groups excluding carboxylic acids is 6. The number of nitrogens with one attached hydrogen (secondary N) is 6. The van der Waals surface area contributed by atoms with Crippen molar-refractivity contribution >= 4 is 41.4 Å². The van der Waals surface area contributed by atoms with Gasteiger partial charge in [0, 0.05) is 20.0 Å². The van der Waals surface area contributed by atoms with Gasteiger partial charge in [0.1, 0.15) is 30.2 Å². The fraction of sp³-hybridized carbons (Fsp3) is 0.774. The molecule has 0 unspecified atom stereocenters. The van der Waals surface area contributed by atoms with Gasteiger partial charge in [0.2, 0.25) is 35.4 Å². The van der Waals surface area contributed by atoms with Crippen molar-refractivity contribution in [3.05, 3.63) is 0 Å². The lowest BCUT2D eigenvalue weighted by atomic mass is 9.96. The largest absolute Gasteiger partial charge is 0.391 e. The minimum absolute atomic E-state index is 0.0840. The summed E-state index contributed by atoms with van der Waals surface area (Å²) in [4.78, 5) is 81.8. The molecule has 0 aliphatic heterocycles. The van der Waals surface area contributed by atoms with E-state index in [0.29, 0.717) is 32.2 Å². The van der Waals surface area contributed by atoms with Gasteiger partial charge in [-0.05, 0) is 44.9 Å². The zero-order valence-corrected chi connectivity index (χ0v) is 29.3. The van der Waals surface area contributed by atoms with Crippen LogP contribution in [0.5, 0.6) is 0 Å². The summed E-state index contributed by atoms with van der Waals surface area (Å²) in [5.41, 5.74) is 10.7. The molecule has 0 heterocycles. The van der Waals surface area contributed by atoms with Crippen molar-refractivity contribution < 1.29 is 33.9 Å². The fourth-order valence-electron chi connectivity index (χ4n) is 4.68. The Kier molecular flexibility index (Phi) is 20.7. The predicted octanol–water partition coefficient (Wildman–Crippen LogP) is -1.11. The van der Waals surface area contributed by atoms with Crippen LogP contribution in [0.15, 0.2) is 4.99 Å². The lowest BCUT2D eigenvalue weighted by Crippen LogP contribution is -2.62. The molecule has 0 fully saturated rings. The van der Waals surface area contributed by atoms with Crippen LogP contribution < -0.4 is 43.4 Å². The number of nitrogens with zero attached hydrogens (tertiary/aromatic N) is 1. The first-order chi connectivity index (χ1) is 22.0. The van der Waals surface area contributed by atoms with Gasteiger partial charge < -0.3 is 48.5 Å². The van der Waals surface area contributed by atoms with E-state index < -0.39 is 71.8 Å². The molecule has 0 spiro atoms. The van der Waals surface area contributed by atoms with Crippen LogP contribution in [0.1, 0.15) is 93.9 Å². The first kappa shape index (κ1) is 43.0. The van der Waals surface area contributed by atoms with E-state index in [2.05, 4.69) is 36.9 Å². The van der Waals surface area contributed by atoms with Gasteiger partial charge in [0.05, 0.1) is 6.10 Å². The molecule has 0 bridgehead atoms. The van der Waals surface area contributed by atoms with Crippen molar-refractivity contribution in [2.24, 2.45) is 28.3 Å². The molecular formula is C31H59N9O7. The van der Waals surface area contributed by atoms with Crippen LogP contribution in [0.2, 0.25) is 0 Å². The third kappa shape index (κ3) is 15.9. The predicted molar refractivity (Wildman–Crippen MR) is 179 cm³/mol. The summed E-state index contributed by atoms with van der Waals surface area (Å²) in [6.07, 6.45) is 1.08. The maximum atomic E-state index is 13.6. The molecule has 16 heteroatoms. The first-order valence-electron chi connectivity index (χ1n) is 16.5. The number of aliphatic hydroxyl groups is 1. The number of hydrogen-bond donors (Lipinski definition) is 9. The highest BCUT2D eigenvalue weighted by Gasteiger charge is 2.35. The minimum atomic E-state index is -1.43. The van der Waals surface area contributed by atoms with Gasteiger partial charge in [0.25, 0.3) is 0 Å². The Hall–Kier alpha value is -3.95. The standard InChI is InChI=1S/C31H59N9O7/c1-9-14-21(37-30(47)25(19(7)41)40-29(46)23(17(5)10-2)36-20(8)42)27(44)39-24(18(6)11-3)28(45)38-22(26(43)34-12-4)15-13-16-35-31(32)33/h17-19,21-25,41H,9-16H2,1-8H3,(H,34,43)(H,36,42)(H,37,47)(H,38,45)(H,39,44)(H,40,46)(H4,32,33,35)/t17-,18+,19-,21+,22+,23-,24+,25+/m1/s1. The Balaban J connectivity index is 5.96. The second kappa shape index (κ2) is 22.6. The summed E-state index contributed by atoms with van der Waals surface area (Å²) in [6.45, 7) is 14.0. The van der Waals surface area contributed by atoms with Gasteiger partial charge >= 0.3 is 0 Å². The molecule has 16 nitrogen and oxygen atoms in total. The highest BCUT2D eigenvalue weighted by Crippen LogP contribution is 2.12. The Bertz CT molecular complexity index is 1070. The van der Waals surface area contributed by atoms with E-state index >= 15 is 0 Å². The average molecular weight is 670 g/mol. The number of hydrogen-bond acceptors (Lipinski definition) is 8. The molecule has 0 rings (SSSR count). The Labute approximate surface area is 278 Å². The number of amides is 6. The van der Waals surface area contributed by atoms with Crippen molar-refractivity contribution in [2.75, 3.05) is 13.1 Å². The summed E-state index contributed by atoms with van der Waals surface area (Å²) in [6, 6.07) is -5.42. The third-order valence-electron chi connectivity index (χ3n) is 7.85. The summed E-state index contributed by atoms with van der Waals surface area (Å²) in [7, 11) is 0. The average Bonchev–Trinajstić information content (AvgIpc) is 3.00. The molecular weight excluding hydrogens is 610 g/mol. The van der Waals surface area contributed by atoms with E-state index in [0.717, 1.165) is 0 Å². The van der Waals surface area contributed by atoms with Crippen molar-refractivity contribution in [1.29, 1.82) is 0 Å². The number of rotatable bonds is 22. The molecule has 0 aliphatic rings. The molecule has 270 valence electrons. The van der Waals surface area contributed by atoms with E-state index in [1.165, 1.54) is 13.8 Å². The highest BCUT2D eigenvalue weighted by molar-refractivity contribution is 5.96. The SMILES string of the molecule is CCC[C@H](NC(=O)[C@@H](NC(=O)[C@H](NC(C)=O)[C@H](C)CC)[C@@H](C)O)C(=O)N[C@H](C(=O)N[C@@H](CCCN=C(N)N)C(=O)NCC)[C@@H](C)CC. The van der Waals surface area contributed by atoms with E-state index in [4.69, 9.17) is 11.5 Å². The maximum Gasteiger partial charge on any atom is 0.245 e. The van der Waals surface area contributed by atoms with Crippen LogP contribution in [0.25, 0.3) is 0 Å². The molecule has 47 heavy (non-hydrogen) atoms. The molecule has 0 radical (unpaired) electrons. The monoisotopic (exact) mass is 669 g/mol. The van der Waals surface area contributed by atoms with Crippen molar-refractivity contribution in [3.8, 4) is 0 Å². The van der Waals surface area contributed by atoms with E-state index in [-0.39, 0.29) is 37.2 Å². The number of aliphatic imine (C=N–C) groups is 1. The van der Waals surface area contributed by atoms with E-state index in [1.807, 2.05) is 20.8 Å². The zero-order valence-electron chi connectivity index (χ0n) is 29.3. The van der Waals surface area contributed by atoms with Crippen LogP contribution in [0.4, 0.5) is 0 Å². The molecule has 6 amide bonds. The topological polar surface area (TPSA) is 259 Å². The summed E-state index contributed by atoms with van der Waals surface area (Å²) < 4.78 is 0. The molecule has 0 aromatic rings. The van der Waals surface area contributed by atoms with Crippen LogP contribution in [0.3, 0.4) is 0 Å². The Morgan fingerprint density at radius 1 is 0.660 bits per heavy atom. The van der Waals surface area contributed by atoms with Crippen molar-refractivity contribution in [3.63, 3.8) is 0 Å². The Morgan fingerprint density at radius 2 is 1.13 bits per heavy atom. The smallest absolute Gasteiger partial charge is 0.245 e. The Morgan fingerprint density at radius 3 is 1.57 bits per heavy atom. The van der Waals surface area contributed by atoms with E-state index in [1.54, 1.807) is 20.8 Å². The number of aliphatic hydroxyl groups excluding tert-OH is 1. The second-order valence-corrected chi connectivity index (χ2v) is 11.9. The molecule has 0 aromatic heterocycles. The maximum absolute atomic E-state index is 13.6. The van der Waals surface area contributed by atoms with Crippen molar-refractivity contribution in [2.45, 2.75) is 130 Å². The van der Waals surface area contributed by atoms with Crippen LogP contribution in [-0.2, 0) is 28.8 Å². The van der Waals surface area contributed by atoms with Gasteiger partial charge in [0.15, 0.2) is 5.96 Å². The van der Waals surface area contributed by atoms with Gasteiger partial charge in [-0.2, -0.15) is 0 Å². The second-order valence-electron chi connectivity index (χ2n) is 11.9. The van der Waals surface area contributed by atoms with Gasteiger partial charge in [-0.15, -0.1) is 0 Å². The molecule has 0 saturated heterocycles. The number of nitrogens with two attached hydrogens (primary N) is 2. The molecule has 0 aromatic carbocycles. The molecule has 0 aliphatic carbocycles. The van der Waals surface area contributed by atoms with E-state index in [9.17, 15) is 33.9 Å². The molecule has 11 N–H and O–H groups in total. The van der Waals surface area contributed by atoms with Gasteiger partial charge in [-0.25, -0.2) is 0 Å². The van der Waals surface area contributed by atoms with Crippen LogP contribution in [0, 0.1) is 11.8 Å². The number of likely N-dealkylation sites (N-methyl/N-ethyl adjacent to an activating group) is 1. The van der Waals surface area contributed by atoms with Crippen LogP contribution in [-0.4, -0.2) is 95.9 Å². The lowest BCUT2D eigenvalue weighted by Gasteiger charge is -2.30. The molecule has 0 saturated carbocycles. The summed E-state index contributed by atoms with van der Waals surface area (Å²) in [5, 5.41) is 26.3. The summed E-state index contributed by atoms with van der Waals surface area (Å²) >= 11 is 0. The molecule has 8 atom stereocenters. The first-order valence-corrected chi connectivity index (χ1v) is 16.5. The quantitative estimate of drug-likeness (QED) is 0.0384. The minimum Gasteiger partial charge on any atom is -0.391 e. The van der Waals surface area contributed by atoms with Crippen molar-refractivity contribution in [1.82, 2.24) is 31.9 Å². The number of guanidine groups is 1. The fourth-order valence-corrected chi connectivity index (χ4v) is 4.68. The van der Waals surface area contributed by atoms with Gasteiger partial charge in [-0.1, -0.05) is 53.9 Å². The summed E-state index contributed by atoms with van der Waals surface area (Å²) in [5.74, 6) is -4.18. The highest BCUT2D eigenvalue weighted by atomic mass is 16.3. The number of carbonyl (C=O) groups is 6. The third-order valence-corrected chi connectivity index (χ3v) is 7.85. The van der Waals surface area contributed by atoms with Gasteiger partial charge in [-0.3, -0.25) is 33.8 Å². The lowest BCUT2D eigenvalue weighted by molar-refractivity contribution is -0.137.